The summed E-state index contributed by atoms with van der Waals surface area (Å²) in [6, 6.07) is 4.58. The van der Waals surface area contributed by atoms with E-state index in [9.17, 15) is 23.1 Å². The molecule has 0 bridgehead atoms. The molecular weight excluding hydrogens is 557 g/mol. The van der Waals surface area contributed by atoms with Gasteiger partial charge in [-0.05, 0) is 43.0 Å². The van der Waals surface area contributed by atoms with Crippen LogP contribution in [0.2, 0.25) is 0 Å². The number of carbonyl (C=O) groups is 2. The molecule has 0 saturated heterocycles. The van der Waals surface area contributed by atoms with Crippen LogP contribution < -0.4 is 19.5 Å². The second kappa shape index (κ2) is 12.3. The van der Waals surface area contributed by atoms with E-state index in [1.54, 1.807) is 26.0 Å². The third kappa shape index (κ3) is 7.46. The summed E-state index contributed by atoms with van der Waals surface area (Å²) in [4.78, 5) is 26.2. The van der Waals surface area contributed by atoms with Crippen LogP contribution in [0.3, 0.4) is 0 Å². The SMILES string of the molecule is CCOc1cc2c(c(F)c1OCC)C(=N)N(CC(=O)c1cc(NCS(C)(=O)=O)c(OCC(=O)O)c(C(C)(C)C)c1)C2. The number of fused-ring (bicyclic) bond motifs is 1. The summed E-state index contributed by atoms with van der Waals surface area (Å²) in [5.41, 5.74) is 0.693. The topological polar surface area (TPSA) is 155 Å². The summed E-state index contributed by atoms with van der Waals surface area (Å²) in [6.07, 6.45) is 1.03. The minimum Gasteiger partial charge on any atom is -0.490 e. The number of carboxylic acid groups (broad SMARTS) is 1. The van der Waals surface area contributed by atoms with Gasteiger partial charge in [0.25, 0.3) is 0 Å². The smallest absolute Gasteiger partial charge is 0.341 e. The number of sulfone groups is 1. The average Bonchev–Trinajstić information content (AvgIpc) is 3.17. The zero-order chi connectivity index (χ0) is 30.7. The Bertz CT molecular complexity index is 1470. The number of hydrogen-bond acceptors (Lipinski definition) is 9. The molecule has 11 nitrogen and oxygen atoms in total. The molecule has 2 aromatic rings. The van der Waals surface area contributed by atoms with E-state index in [1.807, 2.05) is 20.8 Å². The van der Waals surface area contributed by atoms with Crippen molar-refractivity contribution in [1.29, 1.82) is 5.41 Å². The fraction of sp³-hybridized carbons (Fsp3) is 0.464. The van der Waals surface area contributed by atoms with Crippen LogP contribution in [0, 0.1) is 11.2 Å². The highest BCUT2D eigenvalue weighted by atomic mass is 32.2. The lowest BCUT2D eigenvalue weighted by Crippen LogP contribution is -2.31. The van der Waals surface area contributed by atoms with Crippen molar-refractivity contribution in [2.45, 2.75) is 46.6 Å². The molecule has 1 aliphatic rings. The molecule has 0 spiro atoms. The molecule has 224 valence electrons. The van der Waals surface area contributed by atoms with Gasteiger partial charge in [0.2, 0.25) is 0 Å². The molecular formula is C28H36FN3O8S. The van der Waals surface area contributed by atoms with Gasteiger partial charge >= 0.3 is 5.97 Å². The zero-order valence-corrected chi connectivity index (χ0v) is 24.8. The molecule has 0 aliphatic carbocycles. The Kier molecular flexibility index (Phi) is 9.52. The number of ether oxygens (including phenoxy) is 3. The van der Waals surface area contributed by atoms with E-state index in [0.717, 1.165) is 6.26 Å². The van der Waals surface area contributed by atoms with Crippen molar-refractivity contribution >= 4 is 33.1 Å². The van der Waals surface area contributed by atoms with Crippen LogP contribution in [0.25, 0.3) is 0 Å². The number of nitrogens with zero attached hydrogens (tertiary/aromatic N) is 1. The quantitative estimate of drug-likeness (QED) is 0.292. The lowest BCUT2D eigenvalue weighted by atomic mass is 9.84. The van der Waals surface area contributed by atoms with Gasteiger partial charge in [-0.3, -0.25) is 10.2 Å². The summed E-state index contributed by atoms with van der Waals surface area (Å²) in [6.45, 7) is 8.62. The maximum Gasteiger partial charge on any atom is 0.341 e. The number of nitrogens with one attached hydrogen (secondary N) is 2. The first-order valence-electron chi connectivity index (χ1n) is 13.0. The van der Waals surface area contributed by atoms with Gasteiger partial charge in [0.05, 0.1) is 31.0 Å². The number of rotatable bonds is 13. The lowest BCUT2D eigenvalue weighted by molar-refractivity contribution is -0.139. The van der Waals surface area contributed by atoms with Crippen LogP contribution >= 0.6 is 0 Å². The number of anilines is 1. The number of benzene rings is 2. The number of halogens is 1. The second-order valence-corrected chi connectivity index (χ2v) is 12.8. The van der Waals surface area contributed by atoms with E-state index in [4.69, 9.17) is 19.6 Å². The number of hydrogen-bond donors (Lipinski definition) is 3. The molecule has 0 aromatic heterocycles. The first kappa shape index (κ1) is 31.7. The van der Waals surface area contributed by atoms with Gasteiger partial charge < -0.3 is 29.5 Å². The summed E-state index contributed by atoms with van der Waals surface area (Å²) in [7, 11) is -3.49. The predicted octanol–water partition coefficient (Wildman–Crippen LogP) is 3.82. The van der Waals surface area contributed by atoms with Crippen molar-refractivity contribution in [3.8, 4) is 17.2 Å². The van der Waals surface area contributed by atoms with Gasteiger partial charge in [0, 0.05) is 23.9 Å². The number of amidine groups is 1. The highest BCUT2D eigenvalue weighted by molar-refractivity contribution is 7.90. The van der Waals surface area contributed by atoms with E-state index >= 15 is 4.39 Å². The van der Waals surface area contributed by atoms with Crippen LogP contribution in [0.15, 0.2) is 18.2 Å². The minimum absolute atomic E-state index is 0.0352. The zero-order valence-electron chi connectivity index (χ0n) is 24.0. The summed E-state index contributed by atoms with van der Waals surface area (Å²) < 4.78 is 55.7. The molecule has 0 amide bonds. The Morgan fingerprint density at radius 2 is 1.76 bits per heavy atom. The monoisotopic (exact) mass is 593 g/mol. The molecule has 13 heteroatoms. The summed E-state index contributed by atoms with van der Waals surface area (Å²) in [5, 5.41) is 20.5. The highest BCUT2D eigenvalue weighted by Crippen LogP contribution is 2.41. The van der Waals surface area contributed by atoms with Gasteiger partial charge in [0.1, 0.15) is 17.5 Å². The van der Waals surface area contributed by atoms with Crippen molar-refractivity contribution in [2.24, 2.45) is 0 Å². The highest BCUT2D eigenvalue weighted by Gasteiger charge is 2.34. The van der Waals surface area contributed by atoms with Crippen molar-refractivity contribution in [1.82, 2.24) is 4.90 Å². The summed E-state index contributed by atoms with van der Waals surface area (Å²) in [5.74, 6) is -2.77. The number of ketones is 1. The van der Waals surface area contributed by atoms with Crippen molar-refractivity contribution in [3.05, 3.63) is 46.3 Å². The second-order valence-electron chi connectivity index (χ2n) is 10.6. The van der Waals surface area contributed by atoms with E-state index in [1.165, 1.54) is 11.0 Å². The molecule has 0 fully saturated rings. The molecule has 1 heterocycles. The van der Waals surface area contributed by atoms with Gasteiger partial charge in [-0.25, -0.2) is 17.6 Å². The minimum atomic E-state index is -3.49. The molecule has 1 aliphatic heterocycles. The van der Waals surface area contributed by atoms with E-state index < -0.39 is 45.3 Å². The van der Waals surface area contributed by atoms with Gasteiger partial charge in [-0.1, -0.05) is 20.8 Å². The normalized spacial score (nSPS) is 13.1. The molecule has 3 rings (SSSR count). The van der Waals surface area contributed by atoms with E-state index in [2.05, 4.69) is 5.32 Å². The van der Waals surface area contributed by atoms with E-state index in [0.29, 0.717) is 11.1 Å². The first-order valence-corrected chi connectivity index (χ1v) is 15.1. The van der Waals surface area contributed by atoms with Crippen LogP contribution in [0.1, 0.15) is 61.7 Å². The number of aliphatic carboxylic acids is 1. The number of carbonyl (C=O) groups excluding carboxylic acids is 1. The predicted molar refractivity (Wildman–Crippen MR) is 152 cm³/mol. The molecule has 0 radical (unpaired) electrons. The fourth-order valence-electron chi connectivity index (χ4n) is 4.40. The van der Waals surface area contributed by atoms with Crippen molar-refractivity contribution < 1.29 is 41.7 Å². The van der Waals surface area contributed by atoms with Gasteiger partial charge in [-0.15, -0.1) is 0 Å². The Morgan fingerprint density at radius 1 is 1.10 bits per heavy atom. The summed E-state index contributed by atoms with van der Waals surface area (Å²) >= 11 is 0. The van der Waals surface area contributed by atoms with Crippen molar-refractivity contribution in [3.63, 3.8) is 0 Å². The standard InChI is InChI=1S/C28H36FN3O8S/c1-7-38-21-11-17-12-32(27(30)23(17)24(29)26(21)39-8-2)13-20(33)16-9-18(28(3,4)5)25(40-14-22(34)35)19(10-16)31-15-41(6,36)37/h9-11,30-31H,7-8,12-15H2,1-6H3,(H,34,35). The Hall–Kier alpha value is -3.87. The molecule has 0 atom stereocenters. The van der Waals surface area contributed by atoms with E-state index in [-0.39, 0.29) is 66.2 Å². The van der Waals surface area contributed by atoms with Crippen LogP contribution in [-0.2, 0) is 26.6 Å². The maximum absolute atomic E-state index is 15.5. The maximum atomic E-state index is 15.5. The number of carboxylic acids is 1. The van der Waals surface area contributed by atoms with Crippen LogP contribution in [0.4, 0.5) is 10.1 Å². The number of Topliss-reactive ketones (excluding diaryl/α,β-unsaturated/α-hetero) is 1. The third-order valence-corrected chi connectivity index (χ3v) is 6.86. The molecule has 0 unspecified atom stereocenters. The van der Waals surface area contributed by atoms with Crippen molar-refractivity contribution in [2.75, 3.05) is 43.8 Å². The first-order chi connectivity index (χ1) is 19.1. The average molecular weight is 594 g/mol. The lowest BCUT2D eigenvalue weighted by Gasteiger charge is -2.26. The molecule has 3 N–H and O–H groups in total. The Morgan fingerprint density at radius 3 is 2.32 bits per heavy atom. The Balaban J connectivity index is 2.00. The van der Waals surface area contributed by atoms with Crippen LogP contribution in [-0.4, -0.2) is 74.5 Å². The molecule has 0 saturated carbocycles. The van der Waals surface area contributed by atoms with Gasteiger partial charge in [-0.2, -0.15) is 0 Å². The molecule has 2 aromatic carbocycles. The fourth-order valence-corrected chi connectivity index (χ4v) is 4.82. The molecule has 41 heavy (non-hydrogen) atoms. The largest absolute Gasteiger partial charge is 0.490 e. The third-order valence-electron chi connectivity index (χ3n) is 6.19. The Labute approximate surface area is 239 Å². The van der Waals surface area contributed by atoms with Gasteiger partial charge in [0.15, 0.2) is 39.5 Å². The van der Waals surface area contributed by atoms with Crippen LogP contribution in [0.5, 0.6) is 17.2 Å².